The zero-order valence-corrected chi connectivity index (χ0v) is 22.7. The van der Waals surface area contributed by atoms with Gasteiger partial charge in [0.1, 0.15) is 5.75 Å². The summed E-state index contributed by atoms with van der Waals surface area (Å²) in [5.74, 6) is -2.40. The van der Waals surface area contributed by atoms with E-state index in [-0.39, 0.29) is 18.0 Å². The number of methoxy groups -OCH3 is 1. The molecular formula is C33H25BrO5. The number of hydrogen-bond donors (Lipinski definition) is 1. The Kier molecular flexibility index (Phi) is 6.32. The average molecular weight is 581 g/mol. The summed E-state index contributed by atoms with van der Waals surface area (Å²) in [6.45, 7) is 0. The Balaban J connectivity index is 1.55. The molecule has 4 aromatic carbocycles. The van der Waals surface area contributed by atoms with Gasteiger partial charge in [0, 0.05) is 45.3 Å². The molecule has 0 heterocycles. The number of Topliss-reactive ketones (excluding diaryl/α,β-unsaturated/α-hetero) is 3. The minimum absolute atomic E-state index is 0.0497. The van der Waals surface area contributed by atoms with Crippen molar-refractivity contribution in [3.05, 3.63) is 135 Å². The van der Waals surface area contributed by atoms with Crippen LogP contribution in [0.3, 0.4) is 0 Å². The Morgan fingerprint density at radius 1 is 0.846 bits per heavy atom. The lowest BCUT2D eigenvalue weighted by Crippen LogP contribution is -2.48. The van der Waals surface area contributed by atoms with Gasteiger partial charge in [0.15, 0.2) is 23.0 Å². The van der Waals surface area contributed by atoms with Gasteiger partial charge >= 0.3 is 0 Å². The number of carbonyl (C=O) groups excluding carboxylic acids is 3. The third-order valence-electron chi connectivity index (χ3n) is 8.15. The fourth-order valence-corrected chi connectivity index (χ4v) is 6.62. The van der Waals surface area contributed by atoms with Gasteiger partial charge in [0.05, 0.1) is 7.11 Å². The third-order valence-corrected chi connectivity index (χ3v) is 8.68. The van der Waals surface area contributed by atoms with Crippen LogP contribution in [-0.2, 0) is 5.60 Å². The van der Waals surface area contributed by atoms with Crippen molar-refractivity contribution in [3.8, 4) is 5.75 Å². The van der Waals surface area contributed by atoms with E-state index in [9.17, 15) is 19.5 Å². The summed E-state index contributed by atoms with van der Waals surface area (Å²) in [7, 11) is 1.56. The molecule has 0 bridgehead atoms. The Labute approximate surface area is 234 Å². The Hall–Kier alpha value is -3.87. The van der Waals surface area contributed by atoms with Crippen molar-refractivity contribution in [2.75, 3.05) is 7.11 Å². The summed E-state index contributed by atoms with van der Waals surface area (Å²) < 4.78 is 6.14. The molecule has 0 aliphatic heterocycles. The lowest BCUT2D eigenvalue weighted by atomic mass is 9.58. The number of halogens is 1. The van der Waals surface area contributed by atoms with Crippen molar-refractivity contribution >= 4 is 33.3 Å². The molecule has 1 N–H and O–H groups in total. The van der Waals surface area contributed by atoms with Crippen molar-refractivity contribution in [2.45, 2.75) is 23.9 Å². The first kappa shape index (κ1) is 25.4. The summed E-state index contributed by atoms with van der Waals surface area (Å²) in [6, 6.07) is 28.2. The van der Waals surface area contributed by atoms with Gasteiger partial charge in [0.25, 0.3) is 0 Å². The van der Waals surface area contributed by atoms with E-state index in [1.54, 1.807) is 67.8 Å². The van der Waals surface area contributed by atoms with Crippen molar-refractivity contribution in [1.82, 2.24) is 0 Å². The second-order valence-corrected chi connectivity index (χ2v) is 11.0. The van der Waals surface area contributed by atoms with Gasteiger partial charge in [-0.1, -0.05) is 76.6 Å². The van der Waals surface area contributed by atoms with E-state index in [1.807, 2.05) is 36.4 Å². The van der Waals surface area contributed by atoms with E-state index in [0.29, 0.717) is 39.1 Å². The van der Waals surface area contributed by atoms with Crippen LogP contribution in [-0.4, -0.2) is 29.6 Å². The maximum Gasteiger partial charge on any atom is 0.199 e. The van der Waals surface area contributed by atoms with Crippen LogP contribution >= 0.6 is 15.9 Å². The summed E-state index contributed by atoms with van der Waals surface area (Å²) in [4.78, 5) is 41.9. The second-order valence-electron chi connectivity index (χ2n) is 10.1. The van der Waals surface area contributed by atoms with Crippen LogP contribution in [0.5, 0.6) is 5.75 Å². The summed E-state index contributed by atoms with van der Waals surface area (Å²) in [5.41, 5.74) is 1.21. The first-order chi connectivity index (χ1) is 18.8. The SMILES string of the molecule is COc1ccc(C(=O)[C@H]2[C@H](CC(=O)c3ccc(Br)cc3)c3ccccc3[C@]3(O)C(=O)c4ccccc4[C@H]23)cc1. The molecule has 2 aliphatic rings. The number of ether oxygens (including phenoxy) is 1. The lowest BCUT2D eigenvalue weighted by molar-refractivity contribution is -0.00160. The van der Waals surface area contributed by atoms with Gasteiger partial charge in [-0.25, -0.2) is 0 Å². The van der Waals surface area contributed by atoms with Gasteiger partial charge in [-0.3, -0.25) is 14.4 Å². The smallest absolute Gasteiger partial charge is 0.199 e. The summed E-state index contributed by atoms with van der Waals surface area (Å²) in [6.07, 6.45) is 0.0497. The van der Waals surface area contributed by atoms with Gasteiger partial charge in [-0.2, -0.15) is 0 Å². The van der Waals surface area contributed by atoms with Gasteiger partial charge in [-0.15, -0.1) is 0 Å². The van der Waals surface area contributed by atoms with Gasteiger partial charge in [-0.05, 0) is 53.1 Å². The molecule has 0 spiro atoms. The average Bonchev–Trinajstić information content (AvgIpc) is 3.20. The minimum Gasteiger partial charge on any atom is -0.497 e. The molecule has 4 atom stereocenters. The molecule has 39 heavy (non-hydrogen) atoms. The highest BCUT2D eigenvalue weighted by atomic mass is 79.9. The fourth-order valence-electron chi connectivity index (χ4n) is 6.36. The molecule has 0 amide bonds. The third kappa shape index (κ3) is 3.98. The highest BCUT2D eigenvalue weighted by Gasteiger charge is 2.62. The molecule has 4 aromatic rings. The Morgan fingerprint density at radius 2 is 1.46 bits per heavy atom. The standard InChI is InChI=1S/C33H25BrO5/c1-39-22-16-12-20(13-17-22)31(36)29-26(18-28(35)19-10-14-21(34)15-11-19)23-6-4-5-9-27(23)33(38)30(29)24-7-2-3-8-25(24)32(33)37/h2-17,26,29-30,38H,18H2,1H3/t26-,29+,30-,33-/m1/s1. The van der Waals surface area contributed by atoms with E-state index < -0.39 is 29.1 Å². The van der Waals surface area contributed by atoms with E-state index >= 15 is 0 Å². The number of rotatable bonds is 6. The van der Waals surface area contributed by atoms with E-state index in [1.165, 1.54) is 0 Å². The summed E-state index contributed by atoms with van der Waals surface area (Å²) in [5, 5.41) is 12.3. The highest BCUT2D eigenvalue weighted by Crippen LogP contribution is 2.60. The Bertz CT molecular complexity index is 1610. The van der Waals surface area contributed by atoms with Gasteiger partial charge in [0.2, 0.25) is 0 Å². The maximum atomic E-state index is 14.4. The highest BCUT2D eigenvalue weighted by molar-refractivity contribution is 9.10. The first-order valence-electron chi connectivity index (χ1n) is 12.8. The van der Waals surface area contributed by atoms with Crippen LogP contribution in [0.15, 0.2) is 102 Å². The molecule has 0 radical (unpaired) electrons. The van der Waals surface area contributed by atoms with Crippen molar-refractivity contribution < 1.29 is 24.2 Å². The number of ketones is 3. The number of hydrogen-bond acceptors (Lipinski definition) is 5. The molecular weight excluding hydrogens is 556 g/mol. The zero-order valence-electron chi connectivity index (χ0n) is 21.1. The first-order valence-corrected chi connectivity index (χ1v) is 13.6. The van der Waals surface area contributed by atoms with Crippen LogP contribution in [0, 0.1) is 5.92 Å². The molecule has 6 rings (SSSR count). The van der Waals surface area contributed by atoms with E-state index in [2.05, 4.69) is 15.9 Å². The summed E-state index contributed by atoms with van der Waals surface area (Å²) >= 11 is 3.41. The van der Waals surface area contributed by atoms with Crippen molar-refractivity contribution in [3.63, 3.8) is 0 Å². The number of aliphatic hydroxyl groups is 1. The molecule has 0 saturated heterocycles. The Morgan fingerprint density at radius 3 is 2.15 bits per heavy atom. The number of benzene rings is 4. The van der Waals surface area contributed by atoms with Crippen LogP contribution in [0.4, 0.5) is 0 Å². The minimum atomic E-state index is -1.91. The molecule has 6 heteroatoms. The van der Waals surface area contributed by atoms with Crippen LogP contribution in [0.25, 0.3) is 0 Å². The molecule has 0 saturated carbocycles. The van der Waals surface area contributed by atoms with Crippen LogP contribution in [0.2, 0.25) is 0 Å². The topological polar surface area (TPSA) is 80.7 Å². The van der Waals surface area contributed by atoms with Crippen molar-refractivity contribution in [2.24, 2.45) is 5.92 Å². The molecule has 194 valence electrons. The molecule has 0 unspecified atom stereocenters. The van der Waals surface area contributed by atoms with Gasteiger partial charge < -0.3 is 9.84 Å². The van der Waals surface area contributed by atoms with E-state index in [0.717, 1.165) is 4.47 Å². The van der Waals surface area contributed by atoms with Crippen LogP contribution < -0.4 is 4.74 Å². The van der Waals surface area contributed by atoms with Crippen LogP contribution in [0.1, 0.15) is 66.0 Å². The fraction of sp³-hybridized carbons (Fsp3) is 0.182. The molecule has 0 fully saturated rings. The normalized spacial score (nSPS) is 22.9. The molecule has 2 aliphatic carbocycles. The molecule has 5 nitrogen and oxygen atoms in total. The quantitative estimate of drug-likeness (QED) is 0.263. The predicted molar refractivity (Wildman–Crippen MR) is 150 cm³/mol. The largest absolute Gasteiger partial charge is 0.497 e. The molecule has 0 aromatic heterocycles. The number of carbonyl (C=O) groups is 3. The van der Waals surface area contributed by atoms with Crippen molar-refractivity contribution in [1.29, 1.82) is 0 Å². The predicted octanol–water partition coefficient (Wildman–Crippen LogP) is 6.49. The maximum absolute atomic E-state index is 14.4. The second kappa shape index (κ2) is 9.70. The van der Waals surface area contributed by atoms with E-state index in [4.69, 9.17) is 4.74 Å². The lowest BCUT2D eigenvalue weighted by Gasteiger charge is -2.45. The number of fused-ring (bicyclic) bond motifs is 5. The zero-order chi connectivity index (χ0) is 27.3. The monoisotopic (exact) mass is 580 g/mol.